The first-order valence-corrected chi connectivity index (χ1v) is 12.6. The molecule has 34 heavy (non-hydrogen) atoms. The second-order valence-corrected chi connectivity index (χ2v) is 10.0. The average Bonchev–Trinajstić information content (AvgIpc) is 3.18. The molecule has 0 bridgehead atoms. The fourth-order valence-corrected chi connectivity index (χ4v) is 4.95. The van der Waals surface area contributed by atoms with E-state index in [1.54, 1.807) is 11.9 Å². The number of hydrogen-bond donors (Lipinski definition) is 1. The second kappa shape index (κ2) is 10.5. The summed E-state index contributed by atoms with van der Waals surface area (Å²) in [6.45, 7) is 10.5. The number of nitrogens with zero attached hydrogens (tertiary/aromatic N) is 3. The first kappa shape index (κ1) is 24.1. The van der Waals surface area contributed by atoms with Gasteiger partial charge in [-0.25, -0.2) is 0 Å². The summed E-state index contributed by atoms with van der Waals surface area (Å²) >= 11 is 0. The summed E-state index contributed by atoms with van der Waals surface area (Å²) in [5.41, 5.74) is 5.78. The van der Waals surface area contributed by atoms with Gasteiger partial charge in [0.05, 0.1) is 5.92 Å². The lowest BCUT2D eigenvalue weighted by molar-refractivity contribution is -0.136. The first-order valence-electron chi connectivity index (χ1n) is 12.6. The van der Waals surface area contributed by atoms with E-state index in [1.807, 2.05) is 11.8 Å². The van der Waals surface area contributed by atoms with Crippen LogP contribution in [0.3, 0.4) is 0 Å². The summed E-state index contributed by atoms with van der Waals surface area (Å²) in [5, 5.41) is 3.54. The Morgan fingerprint density at radius 1 is 1.12 bits per heavy atom. The molecule has 0 spiro atoms. The zero-order valence-corrected chi connectivity index (χ0v) is 21.0. The van der Waals surface area contributed by atoms with E-state index in [-0.39, 0.29) is 17.7 Å². The fraction of sp³-hybridized carbons (Fsp3) is 0.500. The van der Waals surface area contributed by atoms with Crippen molar-refractivity contribution < 1.29 is 9.59 Å². The van der Waals surface area contributed by atoms with Crippen molar-refractivity contribution in [1.29, 1.82) is 0 Å². The molecule has 2 fully saturated rings. The van der Waals surface area contributed by atoms with Gasteiger partial charge in [-0.05, 0) is 74.1 Å². The van der Waals surface area contributed by atoms with E-state index >= 15 is 0 Å². The molecule has 2 aromatic rings. The van der Waals surface area contributed by atoms with Crippen molar-refractivity contribution >= 4 is 28.9 Å². The summed E-state index contributed by atoms with van der Waals surface area (Å²) in [5.74, 6) is 0.732. The number of carbonyl (C=O) groups is 2. The molecule has 6 nitrogen and oxygen atoms in total. The Morgan fingerprint density at radius 3 is 2.41 bits per heavy atom. The maximum atomic E-state index is 12.9. The van der Waals surface area contributed by atoms with E-state index in [9.17, 15) is 9.59 Å². The van der Waals surface area contributed by atoms with Gasteiger partial charge in [0.1, 0.15) is 0 Å². The van der Waals surface area contributed by atoms with Gasteiger partial charge >= 0.3 is 0 Å². The first-order chi connectivity index (χ1) is 16.3. The number of benzene rings is 2. The molecule has 2 heterocycles. The van der Waals surface area contributed by atoms with Crippen LogP contribution in [0.5, 0.6) is 0 Å². The molecule has 1 atom stereocenters. The summed E-state index contributed by atoms with van der Waals surface area (Å²) in [4.78, 5) is 30.7. The van der Waals surface area contributed by atoms with Gasteiger partial charge in [0.15, 0.2) is 0 Å². The van der Waals surface area contributed by atoms with Crippen LogP contribution < -0.4 is 10.2 Å². The molecule has 0 radical (unpaired) electrons. The molecule has 4 rings (SSSR count). The van der Waals surface area contributed by atoms with Crippen LogP contribution in [-0.2, 0) is 16.1 Å². The Hall–Kier alpha value is -3.02. The summed E-state index contributed by atoms with van der Waals surface area (Å²) in [6.07, 6.45) is 2.86. The molecule has 1 unspecified atom stereocenters. The van der Waals surface area contributed by atoms with Crippen molar-refractivity contribution in [1.82, 2.24) is 9.80 Å². The van der Waals surface area contributed by atoms with E-state index in [1.165, 1.54) is 24.1 Å². The largest absolute Gasteiger partial charge is 0.372 e. The molecule has 0 saturated carbocycles. The van der Waals surface area contributed by atoms with Crippen molar-refractivity contribution in [3.05, 3.63) is 53.6 Å². The van der Waals surface area contributed by atoms with Crippen LogP contribution in [0, 0.1) is 18.8 Å². The summed E-state index contributed by atoms with van der Waals surface area (Å²) in [6, 6.07) is 15.0. The number of anilines is 3. The second-order valence-electron chi connectivity index (χ2n) is 10.0. The van der Waals surface area contributed by atoms with Gasteiger partial charge in [-0.2, -0.15) is 0 Å². The van der Waals surface area contributed by atoms with Crippen molar-refractivity contribution in [3.63, 3.8) is 0 Å². The molecule has 2 aromatic carbocycles. The van der Waals surface area contributed by atoms with E-state index in [4.69, 9.17) is 0 Å². The maximum Gasteiger partial charge on any atom is 0.228 e. The lowest BCUT2D eigenvalue weighted by Crippen LogP contribution is -2.36. The van der Waals surface area contributed by atoms with Gasteiger partial charge in [-0.3, -0.25) is 9.59 Å². The summed E-state index contributed by atoms with van der Waals surface area (Å²) < 4.78 is 0. The van der Waals surface area contributed by atoms with Gasteiger partial charge < -0.3 is 20.0 Å². The van der Waals surface area contributed by atoms with Crippen molar-refractivity contribution in [2.45, 2.75) is 46.6 Å². The third kappa shape index (κ3) is 5.54. The zero-order valence-electron chi connectivity index (χ0n) is 21.0. The van der Waals surface area contributed by atoms with E-state index in [0.29, 0.717) is 26.1 Å². The Morgan fingerprint density at radius 2 is 1.82 bits per heavy atom. The van der Waals surface area contributed by atoms with Gasteiger partial charge in [0.25, 0.3) is 0 Å². The van der Waals surface area contributed by atoms with Gasteiger partial charge in [-0.15, -0.1) is 0 Å². The predicted octanol–water partition coefficient (Wildman–Crippen LogP) is 4.80. The number of carbonyl (C=O) groups excluding carboxylic acids is 2. The van der Waals surface area contributed by atoms with Crippen LogP contribution in [0.2, 0.25) is 0 Å². The quantitative estimate of drug-likeness (QED) is 0.642. The number of amides is 2. The molecule has 2 aliphatic heterocycles. The van der Waals surface area contributed by atoms with Gasteiger partial charge in [0, 0.05) is 63.3 Å². The number of rotatable bonds is 7. The Bertz CT molecular complexity index is 1010. The number of likely N-dealkylation sites (tertiary alicyclic amines) is 1. The Labute approximate surface area is 203 Å². The summed E-state index contributed by atoms with van der Waals surface area (Å²) in [7, 11) is 1.76. The number of hydrogen-bond acceptors (Lipinski definition) is 4. The van der Waals surface area contributed by atoms with Gasteiger partial charge in [0.2, 0.25) is 11.8 Å². The average molecular weight is 463 g/mol. The predicted molar refractivity (Wildman–Crippen MR) is 138 cm³/mol. The SMILES string of the molecule is CCN(Cc1ccc(Nc2ccc(N3CCC(C)CC3)cc2C)cc1)C(=O)C1CC(=O)N(C)C1. The maximum absolute atomic E-state index is 12.9. The lowest BCUT2D eigenvalue weighted by Gasteiger charge is -2.32. The van der Waals surface area contributed by atoms with Crippen LogP contribution in [0.15, 0.2) is 42.5 Å². The molecule has 0 aliphatic carbocycles. The standard InChI is InChI=1S/C28H38N4O2/c1-5-31(28(34)23-17-27(33)30(4)19-23)18-22-6-8-24(9-7-22)29-26-11-10-25(16-21(26)3)32-14-12-20(2)13-15-32/h6-11,16,20,23,29H,5,12-15,17-19H2,1-4H3. The fourth-order valence-electron chi connectivity index (χ4n) is 4.95. The zero-order chi connectivity index (χ0) is 24.2. The number of aryl methyl sites for hydroxylation is 1. The van der Waals surface area contributed by atoms with E-state index in [2.05, 4.69) is 66.5 Å². The highest BCUT2D eigenvalue weighted by Gasteiger charge is 2.34. The molecule has 0 aromatic heterocycles. The monoisotopic (exact) mass is 462 g/mol. The van der Waals surface area contributed by atoms with Gasteiger partial charge in [-0.1, -0.05) is 19.1 Å². The van der Waals surface area contributed by atoms with E-state index in [0.717, 1.165) is 35.9 Å². The normalized spacial score (nSPS) is 18.9. The van der Waals surface area contributed by atoms with Crippen molar-refractivity contribution in [3.8, 4) is 0 Å². The van der Waals surface area contributed by atoms with Crippen LogP contribution >= 0.6 is 0 Å². The number of nitrogens with one attached hydrogen (secondary N) is 1. The molecule has 2 saturated heterocycles. The highest BCUT2D eigenvalue weighted by Crippen LogP contribution is 2.29. The molecular weight excluding hydrogens is 424 g/mol. The van der Waals surface area contributed by atoms with Crippen molar-refractivity contribution in [2.75, 3.05) is 43.4 Å². The molecule has 182 valence electrons. The molecule has 6 heteroatoms. The Kier molecular flexibility index (Phi) is 7.44. The van der Waals surface area contributed by atoms with Crippen LogP contribution in [-0.4, -0.2) is 54.8 Å². The minimum absolute atomic E-state index is 0.0543. The number of piperidine rings is 1. The van der Waals surface area contributed by atoms with Crippen LogP contribution in [0.1, 0.15) is 44.2 Å². The topological polar surface area (TPSA) is 55.9 Å². The molecular formula is C28H38N4O2. The van der Waals surface area contributed by atoms with Crippen LogP contribution in [0.25, 0.3) is 0 Å². The minimum Gasteiger partial charge on any atom is -0.372 e. The minimum atomic E-state index is -0.224. The molecule has 2 amide bonds. The lowest BCUT2D eigenvalue weighted by atomic mass is 9.98. The Balaban J connectivity index is 1.36. The highest BCUT2D eigenvalue weighted by molar-refractivity contribution is 5.89. The smallest absolute Gasteiger partial charge is 0.228 e. The molecule has 1 N–H and O–H groups in total. The third-order valence-corrected chi connectivity index (χ3v) is 7.35. The highest BCUT2D eigenvalue weighted by atomic mass is 16.2. The third-order valence-electron chi connectivity index (χ3n) is 7.35. The van der Waals surface area contributed by atoms with E-state index < -0.39 is 0 Å². The van der Waals surface area contributed by atoms with Crippen molar-refractivity contribution in [2.24, 2.45) is 11.8 Å². The van der Waals surface area contributed by atoms with Crippen LogP contribution in [0.4, 0.5) is 17.1 Å². The molecule has 2 aliphatic rings.